The summed E-state index contributed by atoms with van der Waals surface area (Å²) in [5.74, 6) is -1.98. The maximum Gasteiger partial charge on any atom is 0.203 e. The minimum absolute atomic E-state index is 0.0113. The summed E-state index contributed by atoms with van der Waals surface area (Å²) < 4.78 is 174. The predicted molar refractivity (Wildman–Crippen MR) is 138 cm³/mol. The number of carboxylic acid groups (broad SMARTS) is 1. The van der Waals surface area contributed by atoms with E-state index >= 15 is 0 Å². The second-order valence-corrected chi connectivity index (χ2v) is 7.54. The van der Waals surface area contributed by atoms with E-state index in [1.54, 1.807) is 0 Å². The van der Waals surface area contributed by atoms with Crippen LogP contribution < -0.4 is 19.9 Å². The quantitative estimate of drug-likeness (QED) is 0.316. The third kappa shape index (κ3) is 4.09. The van der Waals surface area contributed by atoms with E-state index in [1.165, 1.54) is 36.4 Å². The van der Waals surface area contributed by atoms with Crippen LogP contribution in [0.25, 0.3) is 33.4 Å². The lowest BCUT2D eigenvalue weighted by Crippen LogP contribution is -2.34. The number of hydrogen-bond acceptors (Lipinski definition) is 4. The second-order valence-electron chi connectivity index (χ2n) is 7.54. The van der Waals surface area contributed by atoms with E-state index in [9.17, 15) is 9.90 Å². The molecule has 5 heteroatoms. The highest BCUT2D eigenvalue weighted by molar-refractivity contribution is 6.07. The van der Waals surface area contributed by atoms with Gasteiger partial charge in [-0.15, -0.1) is 0 Å². The van der Waals surface area contributed by atoms with E-state index in [1.807, 2.05) is 0 Å². The van der Waals surface area contributed by atoms with Crippen molar-refractivity contribution in [3.8, 4) is 22.5 Å². The van der Waals surface area contributed by atoms with Gasteiger partial charge in [0.25, 0.3) is 0 Å². The van der Waals surface area contributed by atoms with E-state index in [4.69, 9.17) is 31.8 Å². The van der Waals surface area contributed by atoms with Crippen LogP contribution in [-0.2, 0) is 0 Å². The molecular formula is C30H30N2O3. The number of fused-ring (bicyclic) bond motifs is 2. The summed E-state index contributed by atoms with van der Waals surface area (Å²) in [5, 5.41) is 11.8. The highest BCUT2D eigenvalue weighted by Crippen LogP contribution is 2.42. The molecule has 0 N–H and O–H groups in total. The highest BCUT2D eigenvalue weighted by atomic mass is 16.4. The van der Waals surface area contributed by atoms with E-state index < -0.39 is 81.2 Å². The van der Waals surface area contributed by atoms with Gasteiger partial charge in [-0.2, -0.15) is 0 Å². The summed E-state index contributed by atoms with van der Waals surface area (Å²) >= 11 is 0. The monoisotopic (exact) mass is 486 g/mol. The molecule has 0 spiro atoms. The molecule has 3 aliphatic heterocycles. The number of benzene rings is 3. The Balaban J connectivity index is 1.76. The van der Waals surface area contributed by atoms with Crippen molar-refractivity contribution in [3.63, 3.8) is 0 Å². The highest BCUT2D eigenvalue weighted by Gasteiger charge is 2.22. The van der Waals surface area contributed by atoms with Crippen molar-refractivity contribution in [2.24, 2.45) is 0 Å². The average molecular weight is 487 g/mol. The zero-order valence-electron chi connectivity index (χ0n) is 37.9. The number of piperidine rings is 2. The minimum atomic E-state index is -3.71. The summed E-state index contributed by atoms with van der Waals surface area (Å²) in [6.07, 6.45) is -22.2. The molecule has 0 bridgehead atoms. The molecule has 6 rings (SSSR count). The first-order valence-corrected chi connectivity index (χ1v) is 10.5. The Kier molecular flexibility index (Phi) is 2.40. The third-order valence-corrected chi connectivity index (χ3v) is 5.54. The van der Waals surface area contributed by atoms with Crippen LogP contribution in [0.15, 0.2) is 65.1 Å². The number of carbonyl (C=O) groups is 1. The molecule has 0 atom stereocenters. The van der Waals surface area contributed by atoms with Crippen LogP contribution in [0.5, 0.6) is 0 Å². The van der Waals surface area contributed by atoms with Crippen molar-refractivity contribution in [2.45, 2.75) is 38.2 Å². The van der Waals surface area contributed by atoms with Crippen molar-refractivity contribution in [2.75, 3.05) is 30.9 Å². The van der Waals surface area contributed by atoms with Crippen molar-refractivity contribution in [1.29, 1.82) is 0 Å². The van der Waals surface area contributed by atoms with Gasteiger partial charge in [0.05, 0.1) is 12.0 Å². The molecular weight excluding hydrogens is 436 g/mol. The first-order chi connectivity index (χ1) is 24.7. The number of carbonyl (C=O) groups excluding carboxylic acids is 1. The zero-order valence-corrected chi connectivity index (χ0v) is 17.9. The number of aromatic carboxylic acids is 1. The average Bonchev–Trinajstić information content (AvgIpc) is 3.05. The van der Waals surface area contributed by atoms with Gasteiger partial charge < -0.3 is 19.2 Å². The van der Waals surface area contributed by atoms with E-state index in [0.29, 0.717) is 0 Å². The molecule has 3 heterocycles. The standard InChI is InChI=1S/C30H30N2O3/c33-30(34)24-10-4-3-9-23(24)29-25-13-11-21(31-15-5-1-6-16-31)19-27(25)35-28-20-22(12-14-26(28)29)32-17-7-2-8-18-32/h3-4,9-14,19-20H,1-2,5-8,15-18H2/i1D2,2D2,5D2,6D2,7D2,8D2,15D2,16D2,17D2,18D2. The van der Waals surface area contributed by atoms with E-state index in [2.05, 4.69) is 0 Å². The number of anilines is 1. The molecule has 5 nitrogen and oxygen atoms in total. The Morgan fingerprint density at radius 3 is 2.46 bits per heavy atom. The van der Waals surface area contributed by atoms with Crippen LogP contribution in [0.2, 0.25) is 0 Å². The van der Waals surface area contributed by atoms with Gasteiger partial charge in [0, 0.05) is 87.6 Å². The lowest BCUT2D eigenvalue weighted by Gasteiger charge is -2.29. The Labute approximate surface area is 233 Å². The maximum absolute atomic E-state index is 12.3. The molecule has 178 valence electrons. The van der Waals surface area contributed by atoms with Gasteiger partial charge in [-0.3, -0.25) is 0 Å². The predicted octanol–water partition coefficient (Wildman–Crippen LogP) is 4.51. The van der Waals surface area contributed by atoms with Crippen LogP contribution in [-0.4, -0.2) is 32.0 Å². The third-order valence-electron chi connectivity index (χ3n) is 5.54. The Bertz CT molecular complexity index is 2250. The summed E-state index contributed by atoms with van der Waals surface area (Å²) in [5.41, 5.74) is -1.20. The fourth-order valence-electron chi connectivity index (χ4n) is 4.03. The van der Waals surface area contributed by atoms with Gasteiger partial charge in [-0.25, -0.2) is 4.58 Å². The first-order valence-electron chi connectivity index (χ1n) is 20.5. The van der Waals surface area contributed by atoms with Gasteiger partial charge >= 0.3 is 0 Å². The molecule has 2 aromatic rings. The molecule has 0 radical (unpaired) electrons. The van der Waals surface area contributed by atoms with Gasteiger partial charge in [0.1, 0.15) is 29.8 Å². The van der Waals surface area contributed by atoms with Gasteiger partial charge in [-0.1, -0.05) is 24.3 Å². The fraction of sp³-hybridized carbons (Fsp3) is 0.333. The van der Waals surface area contributed by atoms with Crippen molar-refractivity contribution in [1.82, 2.24) is 4.58 Å². The lowest BCUT2D eigenvalue weighted by atomic mass is 9.90. The van der Waals surface area contributed by atoms with Gasteiger partial charge in [0.15, 0.2) is 0 Å². The molecule has 2 aromatic carbocycles. The number of carboxylic acids is 1. The summed E-state index contributed by atoms with van der Waals surface area (Å²) in [6, 6.07) is 11.9. The molecule has 2 saturated heterocycles. The summed E-state index contributed by atoms with van der Waals surface area (Å²) in [4.78, 5) is 12.4. The number of nitrogens with zero attached hydrogens (tertiary/aromatic N) is 2. The molecule has 35 heavy (non-hydrogen) atoms. The van der Waals surface area contributed by atoms with E-state index in [-0.39, 0.29) is 48.5 Å². The molecule has 0 unspecified atom stereocenters. The maximum atomic E-state index is 12.3. The van der Waals surface area contributed by atoms with Crippen molar-refractivity contribution in [3.05, 3.63) is 71.6 Å². The normalized spacial score (nSPS) is 39.5. The second kappa shape index (κ2) is 9.21. The van der Waals surface area contributed by atoms with Crippen molar-refractivity contribution >= 4 is 22.6 Å². The zero-order chi connectivity index (χ0) is 41.7. The van der Waals surface area contributed by atoms with E-state index in [0.717, 1.165) is 24.3 Å². The molecule has 0 saturated carbocycles. The SMILES string of the molecule is [2H]C1([2H])N(c2ccc3c(-c4ccccc4C(=O)[O-])c4ccc(=[N+]5C([2H])([2H])C([2H])([2H])C([2H])([2H])C([2H])([2H])C5([2H])[2H])cc-4oc3c2)C([2H])([2H])C([2H])([2H])C([2H])([2H])C1([2H])[2H]. The lowest BCUT2D eigenvalue weighted by molar-refractivity contribution is -0.254. The van der Waals surface area contributed by atoms with Crippen molar-refractivity contribution < 1.29 is 41.7 Å². The summed E-state index contributed by atoms with van der Waals surface area (Å²) in [7, 11) is 0. The molecule has 0 aromatic heterocycles. The van der Waals surface area contributed by atoms with Crippen LogP contribution in [0.4, 0.5) is 5.69 Å². The Morgan fingerprint density at radius 1 is 0.886 bits per heavy atom. The van der Waals surface area contributed by atoms with Crippen LogP contribution >= 0.6 is 0 Å². The number of hydrogen-bond donors (Lipinski definition) is 0. The fourth-order valence-corrected chi connectivity index (χ4v) is 4.03. The van der Waals surface area contributed by atoms with Gasteiger partial charge in [0.2, 0.25) is 5.36 Å². The molecule has 1 aliphatic carbocycles. The molecule has 2 fully saturated rings. The largest absolute Gasteiger partial charge is 0.545 e. The first kappa shape index (κ1) is 9.12. The Hall–Kier alpha value is -3.60. The minimum Gasteiger partial charge on any atom is -0.545 e. The molecule has 4 aliphatic rings. The topological polar surface area (TPSA) is 59.5 Å². The smallest absolute Gasteiger partial charge is 0.203 e. The number of rotatable bonds is 3. The van der Waals surface area contributed by atoms with Crippen LogP contribution in [0.1, 0.15) is 76.0 Å². The van der Waals surface area contributed by atoms with Crippen LogP contribution in [0.3, 0.4) is 0 Å². The molecule has 0 amide bonds. The van der Waals surface area contributed by atoms with Gasteiger partial charge in [-0.05, 0) is 49.3 Å². The Morgan fingerprint density at radius 2 is 1.66 bits per heavy atom. The summed E-state index contributed by atoms with van der Waals surface area (Å²) in [6.45, 7) is -14.3. The van der Waals surface area contributed by atoms with Crippen LogP contribution in [0, 0.1) is 0 Å².